The van der Waals surface area contributed by atoms with Crippen molar-refractivity contribution >= 4 is 27.6 Å². The minimum Gasteiger partial charge on any atom is -0.478 e. The first kappa shape index (κ1) is 18.6. The Morgan fingerprint density at radius 1 is 1.27 bits per heavy atom. The number of rotatable bonds is 7. The molecule has 1 N–H and O–H groups in total. The number of aliphatic carboxylic acids is 1. The fourth-order valence-corrected chi connectivity index (χ4v) is 3.23. The van der Waals surface area contributed by atoms with Crippen LogP contribution in [0.4, 0.5) is 0 Å². The molecule has 26 heavy (non-hydrogen) atoms. The smallest absolute Gasteiger partial charge is 0.354 e. The van der Waals surface area contributed by atoms with Crippen LogP contribution >= 0.6 is 15.9 Å². The van der Waals surface area contributed by atoms with Crippen LogP contribution in [0.3, 0.4) is 0 Å². The number of ether oxygens (including phenoxy) is 1. The number of carboxylic acids is 1. The fourth-order valence-electron chi connectivity index (χ4n) is 2.96. The van der Waals surface area contributed by atoms with Crippen molar-refractivity contribution in [2.24, 2.45) is 5.16 Å². The molecule has 136 valence electrons. The molecule has 0 saturated heterocycles. The van der Waals surface area contributed by atoms with Crippen molar-refractivity contribution in [1.29, 1.82) is 0 Å². The Balaban J connectivity index is 1.93. The average molecular weight is 418 g/mol. The van der Waals surface area contributed by atoms with Crippen LogP contribution in [0.25, 0.3) is 0 Å². The van der Waals surface area contributed by atoms with Gasteiger partial charge >= 0.3 is 5.97 Å². The van der Waals surface area contributed by atoms with E-state index in [0.29, 0.717) is 6.42 Å². The second kappa shape index (κ2) is 8.01. The predicted octanol–water partition coefficient (Wildman–Crippen LogP) is 4.72. The van der Waals surface area contributed by atoms with E-state index in [-0.39, 0.29) is 13.0 Å². The molecule has 0 radical (unpaired) electrons. The maximum absolute atomic E-state index is 12.2. The van der Waals surface area contributed by atoms with E-state index in [1.807, 2.05) is 61.5 Å². The van der Waals surface area contributed by atoms with Crippen LogP contribution in [0.2, 0.25) is 0 Å². The predicted molar refractivity (Wildman–Crippen MR) is 102 cm³/mol. The maximum Gasteiger partial charge on any atom is 0.354 e. The normalized spacial score (nSPS) is 20.3. The zero-order chi connectivity index (χ0) is 18.6. The lowest BCUT2D eigenvalue weighted by molar-refractivity contribution is -0.187. The first-order valence-corrected chi connectivity index (χ1v) is 9.23. The Kier molecular flexibility index (Phi) is 5.74. The number of carboxylic acid groups (broad SMARTS) is 1. The first-order valence-electron chi connectivity index (χ1n) is 8.43. The van der Waals surface area contributed by atoms with Gasteiger partial charge in [0.15, 0.2) is 0 Å². The molecular formula is C20H20BrNO4. The molecule has 0 aliphatic carbocycles. The van der Waals surface area contributed by atoms with Gasteiger partial charge in [0.1, 0.15) is 6.10 Å². The Bertz CT molecular complexity index is 791. The highest BCUT2D eigenvalue weighted by Crippen LogP contribution is 2.41. The molecule has 2 unspecified atom stereocenters. The van der Waals surface area contributed by atoms with E-state index >= 15 is 0 Å². The SMILES string of the molecule is CCC1=NOC(C(=O)O)(C(OCc2ccccc2)c2ccc(Br)cc2)C1. The lowest BCUT2D eigenvalue weighted by Gasteiger charge is -2.31. The number of carbonyl (C=O) groups is 1. The summed E-state index contributed by atoms with van der Waals surface area (Å²) in [5.74, 6) is -1.08. The average Bonchev–Trinajstić information content (AvgIpc) is 3.10. The molecule has 1 aliphatic rings. The second-order valence-electron chi connectivity index (χ2n) is 6.20. The van der Waals surface area contributed by atoms with Gasteiger partial charge in [0, 0.05) is 10.9 Å². The van der Waals surface area contributed by atoms with E-state index in [1.54, 1.807) is 0 Å². The third-order valence-electron chi connectivity index (χ3n) is 4.43. The van der Waals surface area contributed by atoms with Crippen LogP contribution in [0.1, 0.15) is 37.0 Å². The number of hydrogen-bond acceptors (Lipinski definition) is 4. The molecule has 2 aromatic rings. The standard InChI is InChI=1S/C20H20BrNO4/c1-2-17-12-20(19(23)24,26-22-17)18(15-8-10-16(21)11-9-15)25-13-14-6-4-3-5-7-14/h3-11,18H,2,12-13H2,1H3,(H,23,24). The molecule has 0 aromatic heterocycles. The molecule has 0 spiro atoms. The van der Waals surface area contributed by atoms with Gasteiger partial charge in [-0.1, -0.05) is 70.5 Å². The van der Waals surface area contributed by atoms with E-state index in [9.17, 15) is 9.90 Å². The second-order valence-corrected chi connectivity index (χ2v) is 7.12. The number of nitrogens with zero attached hydrogens (tertiary/aromatic N) is 1. The highest BCUT2D eigenvalue weighted by atomic mass is 79.9. The molecule has 0 fully saturated rings. The number of benzene rings is 2. The van der Waals surface area contributed by atoms with Gasteiger partial charge in [0.05, 0.1) is 12.3 Å². The number of oxime groups is 1. The topological polar surface area (TPSA) is 68.1 Å². The van der Waals surface area contributed by atoms with Gasteiger partial charge in [-0.15, -0.1) is 0 Å². The van der Waals surface area contributed by atoms with Gasteiger partial charge in [-0.2, -0.15) is 0 Å². The van der Waals surface area contributed by atoms with E-state index in [0.717, 1.165) is 21.3 Å². The maximum atomic E-state index is 12.2. The van der Waals surface area contributed by atoms with Crippen molar-refractivity contribution in [3.05, 3.63) is 70.2 Å². The summed E-state index contributed by atoms with van der Waals surface area (Å²) in [6, 6.07) is 17.1. The number of hydrogen-bond donors (Lipinski definition) is 1. The third kappa shape index (κ3) is 3.81. The molecule has 0 amide bonds. The lowest BCUT2D eigenvalue weighted by atomic mass is 9.86. The van der Waals surface area contributed by atoms with Crippen LogP contribution in [-0.4, -0.2) is 22.4 Å². The summed E-state index contributed by atoms with van der Waals surface area (Å²) >= 11 is 3.41. The molecule has 6 heteroatoms. The molecule has 5 nitrogen and oxygen atoms in total. The summed E-state index contributed by atoms with van der Waals surface area (Å²) in [4.78, 5) is 17.7. The van der Waals surface area contributed by atoms with Gasteiger partial charge < -0.3 is 14.7 Å². The van der Waals surface area contributed by atoms with Crippen molar-refractivity contribution < 1.29 is 19.5 Å². The Labute approximate surface area is 160 Å². The van der Waals surface area contributed by atoms with E-state index in [4.69, 9.17) is 9.57 Å². The minimum absolute atomic E-state index is 0.203. The molecule has 0 saturated carbocycles. The van der Waals surface area contributed by atoms with Crippen LogP contribution in [0.5, 0.6) is 0 Å². The summed E-state index contributed by atoms with van der Waals surface area (Å²) in [6.07, 6.45) is 0.0517. The molecule has 3 rings (SSSR count). The molecule has 2 aromatic carbocycles. The third-order valence-corrected chi connectivity index (χ3v) is 4.96. The van der Waals surface area contributed by atoms with Crippen molar-refractivity contribution in [2.75, 3.05) is 0 Å². The molecule has 0 bridgehead atoms. The van der Waals surface area contributed by atoms with E-state index in [1.165, 1.54) is 0 Å². The molecule has 1 aliphatic heterocycles. The summed E-state index contributed by atoms with van der Waals surface area (Å²) in [7, 11) is 0. The highest BCUT2D eigenvalue weighted by molar-refractivity contribution is 9.10. The van der Waals surface area contributed by atoms with E-state index in [2.05, 4.69) is 21.1 Å². The van der Waals surface area contributed by atoms with Crippen LogP contribution < -0.4 is 0 Å². The largest absolute Gasteiger partial charge is 0.478 e. The van der Waals surface area contributed by atoms with Crippen LogP contribution in [0.15, 0.2) is 64.2 Å². The zero-order valence-electron chi connectivity index (χ0n) is 14.4. The number of halogens is 1. The summed E-state index contributed by atoms with van der Waals surface area (Å²) < 4.78 is 7.01. The minimum atomic E-state index is -1.56. The zero-order valence-corrected chi connectivity index (χ0v) is 16.0. The summed E-state index contributed by atoms with van der Waals surface area (Å²) in [5, 5.41) is 14.0. The van der Waals surface area contributed by atoms with Gasteiger partial charge in [-0.3, -0.25) is 0 Å². The lowest BCUT2D eigenvalue weighted by Crippen LogP contribution is -2.46. The molecular weight excluding hydrogens is 398 g/mol. The van der Waals surface area contributed by atoms with Crippen LogP contribution in [-0.2, 0) is 21.0 Å². The Morgan fingerprint density at radius 2 is 1.96 bits per heavy atom. The van der Waals surface area contributed by atoms with Gasteiger partial charge in [-0.25, -0.2) is 4.79 Å². The van der Waals surface area contributed by atoms with E-state index < -0.39 is 17.7 Å². The summed E-state index contributed by atoms with van der Waals surface area (Å²) in [5.41, 5.74) is 0.857. The summed E-state index contributed by atoms with van der Waals surface area (Å²) in [6.45, 7) is 2.21. The van der Waals surface area contributed by atoms with Crippen molar-refractivity contribution in [2.45, 2.75) is 38.1 Å². The first-order chi connectivity index (χ1) is 12.5. The quantitative estimate of drug-likeness (QED) is 0.707. The molecule has 1 heterocycles. The van der Waals surface area contributed by atoms with Gasteiger partial charge in [0.25, 0.3) is 5.60 Å². The Morgan fingerprint density at radius 3 is 2.54 bits per heavy atom. The monoisotopic (exact) mass is 417 g/mol. The fraction of sp³-hybridized carbons (Fsp3) is 0.300. The van der Waals surface area contributed by atoms with Crippen molar-refractivity contribution in [3.63, 3.8) is 0 Å². The van der Waals surface area contributed by atoms with Crippen molar-refractivity contribution in [1.82, 2.24) is 0 Å². The van der Waals surface area contributed by atoms with Crippen molar-refractivity contribution in [3.8, 4) is 0 Å². The van der Waals surface area contributed by atoms with Crippen LogP contribution in [0, 0.1) is 0 Å². The Hall–Kier alpha value is -2.18. The highest BCUT2D eigenvalue weighted by Gasteiger charge is 2.54. The van der Waals surface area contributed by atoms with Gasteiger partial charge in [0.2, 0.25) is 0 Å². The molecule has 2 atom stereocenters. The van der Waals surface area contributed by atoms with Gasteiger partial charge in [-0.05, 0) is 29.7 Å².